The molecule has 0 N–H and O–H groups in total. The normalized spacial score (nSPS) is 12.6. The summed E-state index contributed by atoms with van der Waals surface area (Å²) in [6, 6.07) is 8.61. The zero-order chi connectivity index (χ0) is 13.1. The molecule has 0 heterocycles. The first kappa shape index (κ1) is 14.3. The smallest absolute Gasteiger partial charge is 0.250 e. The van der Waals surface area contributed by atoms with Crippen LogP contribution in [-0.2, 0) is 6.42 Å². The second-order valence-corrected chi connectivity index (χ2v) is 11.0. The highest BCUT2D eigenvalue weighted by atomic mass is 28.4. The van der Waals surface area contributed by atoms with Crippen molar-refractivity contribution in [2.45, 2.75) is 58.7 Å². The van der Waals surface area contributed by atoms with Gasteiger partial charge < -0.3 is 4.43 Å². The van der Waals surface area contributed by atoms with E-state index in [2.05, 4.69) is 65.1 Å². The Bertz CT molecular complexity index is 346. The second kappa shape index (κ2) is 5.26. The quantitative estimate of drug-likeness (QED) is 0.682. The average Bonchev–Trinajstić information content (AvgIpc) is 2.19. The van der Waals surface area contributed by atoms with Gasteiger partial charge in [-0.05, 0) is 42.2 Å². The van der Waals surface area contributed by atoms with Crippen molar-refractivity contribution >= 4 is 8.32 Å². The van der Waals surface area contributed by atoms with Crippen LogP contribution in [0.15, 0.2) is 24.3 Å². The van der Waals surface area contributed by atoms with E-state index < -0.39 is 8.32 Å². The summed E-state index contributed by atoms with van der Waals surface area (Å²) in [4.78, 5) is 0. The van der Waals surface area contributed by atoms with Crippen LogP contribution in [-0.4, -0.2) is 8.32 Å². The van der Waals surface area contributed by atoms with Gasteiger partial charge in [-0.25, -0.2) is 0 Å². The molecule has 2 heteroatoms. The molecule has 0 bridgehead atoms. The largest absolute Gasteiger partial charge is 0.544 e. The molecule has 0 aromatic heterocycles. The first-order valence-electron chi connectivity index (χ1n) is 6.54. The molecule has 0 aliphatic carbocycles. The van der Waals surface area contributed by atoms with Gasteiger partial charge in [0.05, 0.1) is 0 Å². The fourth-order valence-electron chi connectivity index (χ4n) is 1.46. The fourth-order valence-corrected chi connectivity index (χ4v) is 2.49. The van der Waals surface area contributed by atoms with Gasteiger partial charge in [-0.2, -0.15) is 0 Å². The van der Waals surface area contributed by atoms with Crippen molar-refractivity contribution in [2.24, 2.45) is 0 Å². The van der Waals surface area contributed by atoms with Gasteiger partial charge in [0, 0.05) is 0 Å². The highest BCUT2D eigenvalue weighted by Gasteiger charge is 2.38. The Morgan fingerprint density at radius 2 is 1.59 bits per heavy atom. The Balaban J connectivity index is 2.76. The van der Waals surface area contributed by atoms with Gasteiger partial charge in [0.25, 0.3) is 0 Å². The summed E-state index contributed by atoms with van der Waals surface area (Å²) in [5.41, 5.74) is 1.40. The molecule has 0 aliphatic heterocycles. The minimum absolute atomic E-state index is 0.259. The third-order valence-corrected chi connectivity index (χ3v) is 8.00. The third kappa shape index (κ3) is 3.88. The van der Waals surface area contributed by atoms with Crippen molar-refractivity contribution in [1.82, 2.24) is 0 Å². The zero-order valence-electron chi connectivity index (χ0n) is 12.1. The number of hydrogen-bond donors (Lipinski definition) is 0. The van der Waals surface area contributed by atoms with Crippen LogP contribution in [0.5, 0.6) is 5.75 Å². The van der Waals surface area contributed by atoms with Gasteiger partial charge in [0.1, 0.15) is 5.75 Å². The molecule has 1 nitrogen and oxygen atoms in total. The fraction of sp³-hybridized carbons (Fsp3) is 0.600. The van der Waals surface area contributed by atoms with Crippen LogP contribution >= 0.6 is 0 Å². The SMILES string of the molecule is CCCc1ccc(O[Si](C)(C)C(C)(C)C)cc1. The Hall–Kier alpha value is -0.763. The lowest BCUT2D eigenvalue weighted by atomic mass is 10.1. The molecule has 0 amide bonds. The van der Waals surface area contributed by atoms with E-state index in [0.717, 1.165) is 12.2 Å². The highest BCUT2D eigenvalue weighted by Crippen LogP contribution is 2.37. The number of benzene rings is 1. The van der Waals surface area contributed by atoms with Gasteiger partial charge in [-0.1, -0.05) is 46.2 Å². The van der Waals surface area contributed by atoms with Crippen LogP contribution in [0.2, 0.25) is 18.1 Å². The molecule has 1 aromatic carbocycles. The van der Waals surface area contributed by atoms with Crippen molar-refractivity contribution in [3.05, 3.63) is 29.8 Å². The van der Waals surface area contributed by atoms with Crippen molar-refractivity contribution in [2.75, 3.05) is 0 Å². The molecular weight excluding hydrogens is 224 g/mol. The molecule has 0 aliphatic rings. The van der Waals surface area contributed by atoms with E-state index in [1.54, 1.807) is 0 Å². The van der Waals surface area contributed by atoms with Crippen molar-refractivity contribution in [3.63, 3.8) is 0 Å². The standard InChI is InChI=1S/C15H26OSi/c1-7-8-13-9-11-14(12-10-13)16-17(5,6)15(2,3)4/h9-12H,7-8H2,1-6H3. The maximum Gasteiger partial charge on any atom is 0.250 e. The molecule has 1 rings (SSSR count). The molecule has 0 saturated carbocycles. The van der Waals surface area contributed by atoms with E-state index in [1.165, 1.54) is 12.0 Å². The van der Waals surface area contributed by atoms with Crippen LogP contribution in [0, 0.1) is 0 Å². The number of aryl methyl sites for hydroxylation is 1. The summed E-state index contributed by atoms with van der Waals surface area (Å²) < 4.78 is 6.24. The van der Waals surface area contributed by atoms with E-state index in [-0.39, 0.29) is 5.04 Å². The highest BCUT2D eigenvalue weighted by molar-refractivity contribution is 6.74. The molecule has 0 atom stereocenters. The van der Waals surface area contributed by atoms with Gasteiger partial charge in [-0.3, -0.25) is 0 Å². The molecule has 0 fully saturated rings. The van der Waals surface area contributed by atoms with Crippen molar-refractivity contribution in [1.29, 1.82) is 0 Å². The molecule has 17 heavy (non-hydrogen) atoms. The van der Waals surface area contributed by atoms with Crippen LogP contribution < -0.4 is 4.43 Å². The van der Waals surface area contributed by atoms with Crippen LogP contribution in [0.3, 0.4) is 0 Å². The minimum atomic E-state index is -1.68. The predicted octanol–water partition coefficient (Wildman–Crippen LogP) is 5.02. The lowest BCUT2D eigenvalue weighted by molar-refractivity contribution is 0.492. The maximum atomic E-state index is 6.24. The lowest BCUT2D eigenvalue weighted by Crippen LogP contribution is -2.43. The van der Waals surface area contributed by atoms with E-state index in [9.17, 15) is 0 Å². The maximum absolute atomic E-state index is 6.24. The second-order valence-electron chi connectivity index (χ2n) is 6.26. The van der Waals surface area contributed by atoms with Gasteiger partial charge in [-0.15, -0.1) is 0 Å². The van der Waals surface area contributed by atoms with Crippen molar-refractivity contribution in [3.8, 4) is 5.75 Å². The van der Waals surface area contributed by atoms with E-state index in [1.807, 2.05) is 0 Å². The Morgan fingerprint density at radius 1 is 1.06 bits per heavy atom. The van der Waals surface area contributed by atoms with Crippen LogP contribution in [0.25, 0.3) is 0 Å². The van der Waals surface area contributed by atoms with Gasteiger partial charge >= 0.3 is 0 Å². The van der Waals surface area contributed by atoms with Crippen LogP contribution in [0.1, 0.15) is 39.7 Å². The van der Waals surface area contributed by atoms with Gasteiger partial charge in [0.15, 0.2) is 0 Å². The molecule has 0 spiro atoms. The molecule has 0 saturated heterocycles. The number of rotatable bonds is 4. The van der Waals surface area contributed by atoms with E-state index in [4.69, 9.17) is 4.43 Å². The molecule has 96 valence electrons. The summed E-state index contributed by atoms with van der Waals surface area (Å²) in [5, 5.41) is 0.259. The van der Waals surface area contributed by atoms with Crippen LogP contribution in [0.4, 0.5) is 0 Å². The van der Waals surface area contributed by atoms with Crippen molar-refractivity contribution < 1.29 is 4.43 Å². The zero-order valence-corrected chi connectivity index (χ0v) is 13.1. The number of hydrogen-bond acceptors (Lipinski definition) is 1. The van der Waals surface area contributed by atoms with E-state index >= 15 is 0 Å². The molecule has 1 aromatic rings. The Morgan fingerprint density at radius 3 is 2.00 bits per heavy atom. The third-order valence-electron chi connectivity index (χ3n) is 3.64. The summed E-state index contributed by atoms with van der Waals surface area (Å²) in [5.74, 6) is 1.02. The summed E-state index contributed by atoms with van der Waals surface area (Å²) in [6.45, 7) is 13.6. The molecule has 0 radical (unpaired) electrons. The summed E-state index contributed by atoms with van der Waals surface area (Å²) >= 11 is 0. The topological polar surface area (TPSA) is 9.23 Å². The Kier molecular flexibility index (Phi) is 4.42. The summed E-state index contributed by atoms with van der Waals surface area (Å²) in [7, 11) is -1.68. The minimum Gasteiger partial charge on any atom is -0.544 e. The molecule has 0 unspecified atom stereocenters. The average molecular weight is 250 g/mol. The predicted molar refractivity (Wildman–Crippen MR) is 78.3 cm³/mol. The summed E-state index contributed by atoms with van der Waals surface area (Å²) in [6.07, 6.45) is 2.35. The van der Waals surface area contributed by atoms with E-state index in [0.29, 0.717) is 0 Å². The molecular formula is C15H26OSi. The monoisotopic (exact) mass is 250 g/mol. The first-order valence-corrected chi connectivity index (χ1v) is 9.45. The van der Waals surface area contributed by atoms with Gasteiger partial charge in [0.2, 0.25) is 8.32 Å². The lowest BCUT2D eigenvalue weighted by Gasteiger charge is -2.36. The Labute approximate surface area is 107 Å². The first-order chi connectivity index (χ1) is 7.76.